The normalized spacial score (nSPS) is 12.3. The highest BCUT2D eigenvalue weighted by Crippen LogP contribution is 2.34. The molecule has 2 aromatic heterocycles. The van der Waals surface area contributed by atoms with E-state index in [2.05, 4.69) is 10.1 Å². The Labute approximate surface area is 147 Å². The van der Waals surface area contributed by atoms with Gasteiger partial charge in [0.2, 0.25) is 0 Å². The number of hydrogen-bond donors (Lipinski definition) is 1. The van der Waals surface area contributed by atoms with Crippen LogP contribution in [0.2, 0.25) is 5.02 Å². The third kappa shape index (κ3) is 3.71. The van der Waals surface area contributed by atoms with Gasteiger partial charge < -0.3 is 14.4 Å². The molecule has 0 aliphatic rings. The lowest BCUT2D eigenvalue weighted by Gasteiger charge is -2.15. The van der Waals surface area contributed by atoms with Crippen molar-refractivity contribution in [2.75, 3.05) is 0 Å². The van der Waals surface area contributed by atoms with Crippen molar-refractivity contribution in [3.63, 3.8) is 0 Å². The predicted octanol–water partition coefficient (Wildman–Crippen LogP) is 4.17. The molecular formula is C17H14ClFN2O4. The second-order valence-corrected chi connectivity index (χ2v) is 5.84. The standard InChI is InChI=1S/C17H14ClFN2O4/c1-9(17-12(19)3-2-6-20-17)24-15-8-14-10(7-11(15)18)13(21-25-14)4-5-16(22)23/h2-3,6-9H,4-5H2,1H3,(H,22,23)/t9-/m1/s1. The number of halogens is 2. The number of fused-ring (bicyclic) bond motifs is 1. The summed E-state index contributed by atoms with van der Waals surface area (Å²) >= 11 is 6.24. The van der Waals surface area contributed by atoms with Crippen molar-refractivity contribution in [3.8, 4) is 5.75 Å². The third-order valence-corrected chi connectivity index (χ3v) is 3.95. The number of hydrogen-bond acceptors (Lipinski definition) is 5. The second-order valence-electron chi connectivity index (χ2n) is 5.43. The molecule has 3 rings (SSSR count). The van der Waals surface area contributed by atoms with Crippen LogP contribution < -0.4 is 4.74 Å². The zero-order chi connectivity index (χ0) is 18.0. The molecule has 0 saturated heterocycles. The quantitative estimate of drug-likeness (QED) is 0.706. The number of rotatable bonds is 6. The Morgan fingerprint density at radius 2 is 2.28 bits per heavy atom. The van der Waals surface area contributed by atoms with Crippen LogP contribution in [0, 0.1) is 5.82 Å². The number of ether oxygens (including phenoxy) is 1. The Kier molecular flexibility index (Phi) is 4.85. The van der Waals surface area contributed by atoms with E-state index in [9.17, 15) is 9.18 Å². The van der Waals surface area contributed by atoms with Gasteiger partial charge >= 0.3 is 5.97 Å². The summed E-state index contributed by atoms with van der Waals surface area (Å²) in [5, 5.41) is 13.6. The Morgan fingerprint density at radius 3 is 3.00 bits per heavy atom. The van der Waals surface area contributed by atoms with Crippen LogP contribution in [0.25, 0.3) is 11.0 Å². The number of aromatic nitrogens is 2. The first-order chi connectivity index (χ1) is 12.0. The summed E-state index contributed by atoms with van der Waals surface area (Å²) in [6.45, 7) is 1.66. The molecular weight excluding hydrogens is 351 g/mol. The van der Waals surface area contributed by atoms with Crippen molar-refractivity contribution in [3.05, 3.63) is 52.7 Å². The van der Waals surface area contributed by atoms with Crippen molar-refractivity contribution >= 4 is 28.5 Å². The molecule has 0 unspecified atom stereocenters. The van der Waals surface area contributed by atoms with Crippen LogP contribution in [0.4, 0.5) is 4.39 Å². The zero-order valence-corrected chi connectivity index (χ0v) is 14.0. The van der Waals surface area contributed by atoms with Crippen LogP contribution in [-0.4, -0.2) is 21.2 Å². The largest absolute Gasteiger partial charge is 0.483 e. The lowest BCUT2D eigenvalue weighted by Crippen LogP contribution is -2.08. The predicted molar refractivity (Wildman–Crippen MR) is 88.2 cm³/mol. The van der Waals surface area contributed by atoms with Gasteiger partial charge in [-0.1, -0.05) is 16.8 Å². The Bertz CT molecular complexity index is 928. The summed E-state index contributed by atoms with van der Waals surface area (Å²) in [6.07, 6.45) is 0.987. The number of pyridine rings is 1. The maximum atomic E-state index is 13.8. The summed E-state index contributed by atoms with van der Waals surface area (Å²) in [7, 11) is 0. The van der Waals surface area contributed by atoms with Crippen molar-refractivity contribution in [1.29, 1.82) is 0 Å². The van der Waals surface area contributed by atoms with Crippen LogP contribution in [-0.2, 0) is 11.2 Å². The van der Waals surface area contributed by atoms with E-state index in [0.29, 0.717) is 22.4 Å². The summed E-state index contributed by atoms with van der Waals surface area (Å²) in [5.74, 6) is -1.09. The van der Waals surface area contributed by atoms with Gasteiger partial charge in [-0.3, -0.25) is 9.78 Å². The number of carboxylic acid groups (broad SMARTS) is 1. The molecule has 0 amide bonds. The molecule has 0 aliphatic carbocycles. The number of carboxylic acids is 1. The monoisotopic (exact) mass is 364 g/mol. The highest BCUT2D eigenvalue weighted by molar-refractivity contribution is 6.32. The Hall–Kier alpha value is -2.67. The van der Waals surface area contributed by atoms with Gasteiger partial charge in [-0.25, -0.2) is 4.39 Å². The highest BCUT2D eigenvalue weighted by Gasteiger charge is 2.18. The fourth-order valence-electron chi connectivity index (χ4n) is 2.43. The molecule has 0 bridgehead atoms. The molecule has 0 fully saturated rings. The van der Waals surface area contributed by atoms with Crippen LogP contribution in [0.15, 0.2) is 35.0 Å². The van der Waals surface area contributed by atoms with Gasteiger partial charge in [0.15, 0.2) is 5.58 Å². The van der Waals surface area contributed by atoms with E-state index in [4.69, 9.17) is 26.0 Å². The van der Waals surface area contributed by atoms with E-state index in [1.807, 2.05) is 0 Å². The van der Waals surface area contributed by atoms with Crippen LogP contribution >= 0.6 is 11.6 Å². The van der Waals surface area contributed by atoms with E-state index < -0.39 is 17.9 Å². The molecule has 0 spiro atoms. The van der Waals surface area contributed by atoms with Crippen LogP contribution in [0.5, 0.6) is 5.75 Å². The lowest BCUT2D eigenvalue weighted by atomic mass is 10.1. The SMILES string of the molecule is C[C@@H](Oc1cc2onc(CCC(=O)O)c2cc1Cl)c1ncccc1F. The van der Waals surface area contributed by atoms with E-state index in [1.165, 1.54) is 18.3 Å². The van der Waals surface area contributed by atoms with E-state index in [0.717, 1.165) is 0 Å². The van der Waals surface area contributed by atoms with Crippen LogP contribution in [0.3, 0.4) is 0 Å². The van der Waals surface area contributed by atoms with Gasteiger partial charge in [0.1, 0.15) is 23.4 Å². The number of nitrogens with zero attached hydrogens (tertiary/aromatic N) is 2. The lowest BCUT2D eigenvalue weighted by molar-refractivity contribution is -0.136. The molecule has 2 heterocycles. The summed E-state index contributed by atoms with van der Waals surface area (Å²) < 4.78 is 24.7. The Balaban J connectivity index is 1.86. The molecule has 0 saturated carbocycles. The molecule has 8 heteroatoms. The molecule has 0 radical (unpaired) electrons. The summed E-state index contributed by atoms with van der Waals surface area (Å²) in [6, 6.07) is 5.95. The number of aliphatic carboxylic acids is 1. The van der Waals surface area contributed by atoms with E-state index >= 15 is 0 Å². The number of carbonyl (C=O) groups is 1. The average molecular weight is 365 g/mol. The fourth-order valence-corrected chi connectivity index (χ4v) is 2.64. The molecule has 25 heavy (non-hydrogen) atoms. The van der Waals surface area contributed by atoms with Crippen molar-refractivity contribution in [2.45, 2.75) is 25.9 Å². The summed E-state index contributed by atoms with van der Waals surface area (Å²) in [5.41, 5.74) is 1.08. The number of aryl methyl sites for hydroxylation is 1. The van der Waals surface area contributed by atoms with Gasteiger partial charge in [0.25, 0.3) is 0 Å². The van der Waals surface area contributed by atoms with Gasteiger partial charge in [-0.15, -0.1) is 0 Å². The topological polar surface area (TPSA) is 85.5 Å². The van der Waals surface area contributed by atoms with Gasteiger partial charge in [0.05, 0.1) is 17.1 Å². The highest BCUT2D eigenvalue weighted by atomic mass is 35.5. The minimum atomic E-state index is -0.923. The van der Waals surface area contributed by atoms with E-state index in [1.54, 1.807) is 19.1 Å². The molecule has 3 aromatic rings. The van der Waals surface area contributed by atoms with Crippen molar-refractivity contribution < 1.29 is 23.6 Å². The molecule has 1 aromatic carbocycles. The minimum Gasteiger partial charge on any atom is -0.483 e. The maximum absolute atomic E-state index is 13.8. The second kappa shape index (κ2) is 7.06. The maximum Gasteiger partial charge on any atom is 0.303 e. The molecule has 1 N–H and O–H groups in total. The minimum absolute atomic E-state index is 0.0620. The zero-order valence-electron chi connectivity index (χ0n) is 13.2. The smallest absolute Gasteiger partial charge is 0.303 e. The van der Waals surface area contributed by atoms with Gasteiger partial charge in [0, 0.05) is 24.1 Å². The van der Waals surface area contributed by atoms with Crippen molar-refractivity contribution in [1.82, 2.24) is 10.1 Å². The van der Waals surface area contributed by atoms with Gasteiger partial charge in [-0.05, 0) is 25.1 Å². The third-order valence-electron chi connectivity index (χ3n) is 3.65. The van der Waals surface area contributed by atoms with Crippen LogP contribution in [0.1, 0.15) is 30.8 Å². The molecule has 1 atom stereocenters. The van der Waals surface area contributed by atoms with Crippen molar-refractivity contribution in [2.24, 2.45) is 0 Å². The van der Waals surface area contributed by atoms with Gasteiger partial charge in [-0.2, -0.15) is 0 Å². The first-order valence-electron chi connectivity index (χ1n) is 7.52. The first kappa shape index (κ1) is 17.2. The number of benzene rings is 1. The Morgan fingerprint density at radius 1 is 1.48 bits per heavy atom. The molecule has 130 valence electrons. The fraction of sp³-hybridized carbons (Fsp3) is 0.235. The summed E-state index contributed by atoms with van der Waals surface area (Å²) in [4.78, 5) is 14.7. The molecule has 6 nitrogen and oxygen atoms in total. The first-order valence-corrected chi connectivity index (χ1v) is 7.90. The molecule has 0 aliphatic heterocycles. The van der Waals surface area contributed by atoms with E-state index in [-0.39, 0.29) is 23.6 Å². The average Bonchev–Trinajstić information content (AvgIpc) is 2.95.